The Kier molecular flexibility index (Phi) is 4.45. The lowest BCUT2D eigenvalue weighted by Crippen LogP contribution is -2.52. The van der Waals surface area contributed by atoms with Crippen molar-refractivity contribution in [2.24, 2.45) is 5.92 Å². The summed E-state index contributed by atoms with van der Waals surface area (Å²) in [7, 11) is 0. The molecule has 0 bridgehead atoms. The van der Waals surface area contributed by atoms with E-state index in [4.69, 9.17) is 4.74 Å². The van der Waals surface area contributed by atoms with Gasteiger partial charge in [-0.25, -0.2) is 0 Å². The maximum atomic E-state index is 10.5. The van der Waals surface area contributed by atoms with Crippen molar-refractivity contribution in [2.75, 3.05) is 13.2 Å². The molecule has 2 saturated carbocycles. The Bertz CT molecular complexity index is 240. The minimum absolute atomic E-state index is 0.450. The standard InChI is InChI=1S/C14H27NO2/c1-3-17-13-7-12(8-13)15-10-14(16)6-4-5-11(2)9-14/h11-13,15-16H,3-10H2,1-2H3. The van der Waals surface area contributed by atoms with E-state index >= 15 is 0 Å². The highest BCUT2D eigenvalue weighted by Crippen LogP contribution is 2.32. The van der Waals surface area contributed by atoms with Crippen LogP contribution in [0.25, 0.3) is 0 Å². The van der Waals surface area contributed by atoms with E-state index in [-0.39, 0.29) is 0 Å². The minimum Gasteiger partial charge on any atom is -0.389 e. The molecule has 2 unspecified atom stereocenters. The predicted molar refractivity (Wildman–Crippen MR) is 69.0 cm³/mol. The highest BCUT2D eigenvalue weighted by Gasteiger charge is 2.35. The average molecular weight is 241 g/mol. The zero-order valence-electron chi connectivity index (χ0n) is 11.2. The summed E-state index contributed by atoms with van der Waals surface area (Å²) in [4.78, 5) is 0. The summed E-state index contributed by atoms with van der Waals surface area (Å²) in [6, 6.07) is 0.563. The van der Waals surface area contributed by atoms with Gasteiger partial charge in [-0.15, -0.1) is 0 Å². The van der Waals surface area contributed by atoms with Crippen LogP contribution in [-0.2, 0) is 4.74 Å². The number of ether oxygens (including phenoxy) is 1. The quantitative estimate of drug-likeness (QED) is 0.774. The molecule has 2 rings (SSSR count). The maximum Gasteiger partial charge on any atom is 0.0774 e. The Labute approximate surface area is 105 Å². The van der Waals surface area contributed by atoms with Crippen LogP contribution in [0, 0.1) is 5.92 Å². The second-order valence-corrected chi connectivity index (χ2v) is 6.05. The van der Waals surface area contributed by atoms with Crippen LogP contribution in [0.5, 0.6) is 0 Å². The summed E-state index contributed by atoms with van der Waals surface area (Å²) in [5, 5.41) is 14.0. The van der Waals surface area contributed by atoms with Gasteiger partial charge in [0.25, 0.3) is 0 Å². The molecule has 0 saturated heterocycles. The lowest BCUT2D eigenvalue weighted by atomic mass is 9.78. The number of rotatable bonds is 5. The largest absolute Gasteiger partial charge is 0.389 e. The molecular formula is C14H27NO2. The Morgan fingerprint density at radius 3 is 2.82 bits per heavy atom. The Balaban J connectivity index is 1.65. The molecule has 0 aromatic rings. The summed E-state index contributed by atoms with van der Waals surface area (Å²) in [5.41, 5.74) is -0.450. The van der Waals surface area contributed by atoms with Gasteiger partial charge >= 0.3 is 0 Å². The van der Waals surface area contributed by atoms with E-state index < -0.39 is 5.60 Å². The molecule has 0 aromatic carbocycles. The van der Waals surface area contributed by atoms with Crippen LogP contribution >= 0.6 is 0 Å². The van der Waals surface area contributed by atoms with Crippen molar-refractivity contribution in [1.29, 1.82) is 0 Å². The van der Waals surface area contributed by atoms with Gasteiger partial charge in [0.15, 0.2) is 0 Å². The third-order valence-corrected chi connectivity index (χ3v) is 4.28. The minimum atomic E-state index is -0.450. The first-order valence-corrected chi connectivity index (χ1v) is 7.18. The van der Waals surface area contributed by atoms with Gasteiger partial charge in [-0.1, -0.05) is 19.8 Å². The van der Waals surface area contributed by atoms with E-state index in [1.807, 2.05) is 6.92 Å². The molecule has 0 heterocycles. The second kappa shape index (κ2) is 5.68. The highest BCUT2D eigenvalue weighted by atomic mass is 16.5. The third kappa shape index (κ3) is 3.67. The molecule has 3 heteroatoms. The molecule has 0 radical (unpaired) electrons. The molecule has 2 N–H and O–H groups in total. The zero-order chi connectivity index (χ0) is 12.3. The molecule has 100 valence electrons. The summed E-state index contributed by atoms with van der Waals surface area (Å²) in [5.74, 6) is 0.674. The lowest BCUT2D eigenvalue weighted by molar-refractivity contribution is -0.0363. The topological polar surface area (TPSA) is 41.5 Å². The van der Waals surface area contributed by atoms with Gasteiger partial charge in [0.05, 0.1) is 11.7 Å². The van der Waals surface area contributed by atoms with Crippen LogP contribution in [-0.4, -0.2) is 36.0 Å². The fourth-order valence-electron chi connectivity index (χ4n) is 3.23. The van der Waals surface area contributed by atoms with E-state index in [9.17, 15) is 5.11 Å². The summed E-state index contributed by atoms with van der Waals surface area (Å²) in [6.45, 7) is 5.88. The lowest BCUT2D eigenvalue weighted by Gasteiger charge is -2.40. The summed E-state index contributed by atoms with van der Waals surface area (Å²) in [6.07, 6.45) is 7.05. The van der Waals surface area contributed by atoms with Crippen LogP contribution in [0.1, 0.15) is 52.4 Å². The first-order chi connectivity index (χ1) is 8.11. The van der Waals surface area contributed by atoms with Crippen molar-refractivity contribution in [2.45, 2.75) is 70.1 Å². The molecule has 0 amide bonds. The molecule has 2 aliphatic carbocycles. The van der Waals surface area contributed by atoms with Crippen molar-refractivity contribution in [3.05, 3.63) is 0 Å². The van der Waals surface area contributed by atoms with E-state index in [2.05, 4.69) is 12.2 Å². The van der Waals surface area contributed by atoms with Crippen LogP contribution in [0.15, 0.2) is 0 Å². The van der Waals surface area contributed by atoms with E-state index in [0.29, 0.717) is 18.1 Å². The van der Waals surface area contributed by atoms with Crippen molar-refractivity contribution < 1.29 is 9.84 Å². The average Bonchev–Trinajstić information content (AvgIpc) is 2.21. The van der Waals surface area contributed by atoms with Crippen LogP contribution in [0.4, 0.5) is 0 Å². The Morgan fingerprint density at radius 2 is 2.18 bits per heavy atom. The molecule has 0 aliphatic heterocycles. The molecule has 0 spiro atoms. The third-order valence-electron chi connectivity index (χ3n) is 4.28. The first-order valence-electron chi connectivity index (χ1n) is 7.18. The number of hydrogen-bond acceptors (Lipinski definition) is 3. The normalized spacial score (nSPS) is 42.2. The Hall–Kier alpha value is -0.120. The van der Waals surface area contributed by atoms with Gasteiger partial charge in [0.2, 0.25) is 0 Å². The highest BCUT2D eigenvalue weighted by molar-refractivity contribution is 4.92. The van der Waals surface area contributed by atoms with Crippen molar-refractivity contribution in [3.63, 3.8) is 0 Å². The van der Waals surface area contributed by atoms with Crippen molar-refractivity contribution in [1.82, 2.24) is 5.32 Å². The molecule has 0 aromatic heterocycles. The Morgan fingerprint density at radius 1 is 1.41 bits per heavy atom. The molecule has 2 atom stereocenters. The number of aliphatic hydroxyl groups is 1. The zero-order valence-corrected chi connectivity index (χ0v) is 11.2. The number of nitrogens with one attached hydrogen (secondary N) is 1. The summed E-state index contributed by atoms with van der Waals surface area (Å²) < 4.78 is 5.54. The fraction of sp³-hybridized carbons (Fsp3) is 1.00. The van der Waals surface area contributed by atoms with Gasteiger partial charge in [0, 0.05) is 19.2 Å². The van der Waals surface area contributed by atoms with E-state index in [1.54, 1.807) is 0 Å². The fourth-order valence-corrected chi connectivity index (χ4v) is 3.23. The van der Waals surface area contributed by atoms with Crippen LogP contribution < -0.4 is 5.32 Å². The molecule has 2 fully saturated rings. The number of hydrogen-bond donors (Lipinski definition) is 2. The smallest absolute Gasteiger partial charge is 0.0774 e. The van der Waals surface area contributed by atoms with Gasteiger partial charge in [-0.05, 0) is 38.5 Å². The monoisotopic (exact) mass is 241 g/mol. The van der Waals surface area contributed by atoms with Crippen molar-refractivity contribution in [3.8, 4) is 0 Å². The molecular weight excluding hydrogens is 214 g/mol. The SMILES string of the molecule is CCOC1CC(NCC2(O)CCCC(C)C2)C1. The molecule has 3 nitrogen and oxygen atoms in total. The van der Waals surface area contributed by atoms with Gasteiger partial charge < -0.3 is 15.2 Å². The van der Waals surface area contributed by atoms with Crippen LogP contribution in [0.3, 0.4) is 0 Å². The predicted octanol–water partition coefficient (Wildman–Crippen LogP) is 2.08. The maximum absolute atomic E-state index is 10.5. The second-order valence-electron chi connectivity index (χ2n) is 6.05. The molecule has 17 heavy (non-hydrogen) atoms. The van der Waals surface area contributed by atoms with Gasteiger partial charge in [-0.3, -0.25) is 0 Å². The van der Waals surface area contributed by atoms with Crippen LogP contribution in [0.2, 0.25) is 0 Å². The van der Waals surface area contributed by atoms with E-state index in [0.717, 1.165) is 38.8 Å². The molecule has 2 aliphatic rings. The first kappa shape index (κ1) is 13.3. The summed E-state index contributed by atoms with van der Waals surface area (Å²) >= 11 is 0. The van der Waals surface area contributed by atoms with Crippen molar-refractivity contribution >= 4 is 0 Å². The van der Waals surface area contributed by atoms with Gasteiger partial charge in [0.1, 0.15) is 0 Å². The van der Waals surface area contributed by atoms with E-state index in [1.165, 1.54) is 12.8 Å². The van der Waals surface area contributed by atoms with Gasteiger partial charge in [-0.2, -0.15) is 0 Å².